The Morgan fingerprint density at radius 1 is 1.50 bits per heavy atom. The van der Waals surface area contributed by atoms with Crippen molar-refractivity contribution in [1.29, 1.82) is 0 Å². The quantitative estimate of drug-likeness (QED) is 0.464. The molecule has 0 radical (unpaired) electrons. The van der Waals surface area contributed by atoms with Gasteiger partial charge in [-0.15, -0.1) is 17.9 Å². The number of thiophene rings is 1. The fourth-order valence-corrected chi connectivity index (χ4v) is 2.28. The van der Waals surface area contributed by atoms with Crippen molar-refractivity contribution < 1.29 is 4.74 Å². The van der Waals surface area contributed by atoms with Gasteiger partial charge in [0.25, 0.3) is 0 Å². The van der Waals surface area contributed by atoms with Crippen LogP contribution in [0.2, 0.25) is 5.28 Å². The Kier molecular flexibility index (Phi) is 3.74. The van der Waals surface area contributed by atoms with Crippen LogP contribution >= 0.6 is 22.9 Å². The lowest BCUT2D eigenvalue weighted by Crippen LogP contribution is -1.99. The summed E-state index contributed by atoms with van der Waals surface area (Å²) in [6, 6.07) is 1.94. The number of nitrogens with zero attached hydrogens (tertiary/aromatic N) is 2. The van der Waals surface area contributed by atoms with Gasteiger partial charge in [0, 0.05) is 0 Å². The molecule has 2 heterocycles. The largest absolute Gasteiger partial charge is 0.477 e. The van der Waals surface area contributed by atoms with Crippen LogP contribution < -0.4 is 4.74 Å². The zero-order chi connectivity index (χ0) is 11.4. The average molecular weight is 255 g/mol. The van der Waals surface area contributed by atoms with Crippen molar-refractivity contribution in [2.45, 2.75) is 12.8 Å². The lowest BCUT2D eigenvalue weighted by Gasteiger charge is -2.05. The van der Waals surface area contributed by atoms with Gasteiger partial charge in [-0.25, -0.2) is 4.98 Å². The maximum absolute atomic E-state index is 5.81. The Hall–Kier alpha value is -1.13. The van der Waals surface area contributed by atoms with E-state index < -0.39 is 0 Å². The van der Waals surface area contributed by atoms with Crippen LogP contribution in [0.5, 0.6) is 5.88 Å². The van der Waals surface area contributed by atoms with Gasteiger partial charge in [-0.05, 0) is 35.9 Å². The molecule has 3 nitrogen and oxygen atoms in total. The lowest BCUT2D eigenvalue weighted by atomic mass is 10.3. The van der Waals surface area contributed by atoms with Crippen LogP contribution in [0, 0.1) is 0 Å². The predicted octanol–water partition coefficient (Wildman–Crippen LogP) is 3.69. The fourth-order valence-electron chi connectivity index (χ4n) is 1.31. The highest BCUT2D eigenvalue weighted by Gasteiger charge is 2.08. The molecular formula is C11H11ClN2OS. The highest BCUT2D eigenvalue weighted by molar-refractivity contribution is 7.16. The van der Waals surface area contributed by atoms with E-state index in [-0.39, 0.29) is 5.28 Å². The number of fused-ring (bicyclic) bond motifs is 1. The number of hydrogen-bond acceptors (Lipinski definition) is 4. The second kappa shape index (κ2) is 5.27. The molecule has 5 heteroatoms. The van der Waals surface area contributed by atoms with Crippen LogP contribution in [-0.2, 0) is 0 Å². The molecule has 0 atom stereocenters. The molecule has 0 aliphatic carbocycles. The fraction of sp³-hybridized carbons (Fsp3) is 0.273. The Morgan fingerprint density at radius 3 is 3.19 bits per heavy atom. The normalized spacial score (nSPS) is 10.6. The van der Waals surface area contributed by atoms with E-state index in [0.717, 1.165) is 23.1 Å². The summed E-state index contributed by atoms with van der Waals surface area (Å²) in [6.07, 6.45) is 3.73. The third-order valence-corrected chi connectivity index (χ3v) is 3.03. The number of allylic oxidation sites excluding steroid dienone is 1. The van der Waals surface area contributed by atoms with E-state index in [0.29, 0.717) is 12.5 Å². The Balaban J connectivity index is 2.15. The van der Waals surface area contributed by atoms with E-state index in [1.165, 1.54) is 11.3 Å². The van der Waals surface area contributed by atoms with Crippen LogP contribution in [0.1, 0.15) is 12.8 Å². The summed E-state index contributed by atoms with van der Waals surface area (Å²) in [6.45, 7) is 4.28. The van der Waals surface area contributed by atoms with Gasteiger partial charge in [-0.3, -0.25) is 0 Å². The average Bonchev–Trinajstić information content (AvgIpc) is 2.72. The molecule has 0 unspecified atom stereocenters. The summed E-state index contributed by atoms with van der Waals surface area (Å²) in [7, 11) is 0. The maximum atomic E-state index is 5.81. The van der Waals surface area contributed by atoms with Crippen molar-refractivity contribution in [3.63, 3.8) is 0 Å². The molecule has 16 heavy (non-hydrogen) atoms. The van der Waals surface area contributed by atoms with Gasteiger partial charge >= 0.3 is 0 Å². The van der Waals surface area contributed by atoms with E-state index >= 15 is 0 Å². The van der Waals surface area contributed by atoms with Gasteiger partial charge in [0.15, 0.2) is 0 Å². The summed E-state index contributed by atoms with van der Waals surface area (Å²) in [5.41, 5.74) is 0. The number of rotatable bonds is 5. The lowest BCUT2D eigenvalue weighted by molar-refractivity contribution is 0.304. The number of ether oxygens (including phenoxy) is 1. The van der Waals surface area contributed by atoms with E-state index in [2.05, 4.69) is 16.5 Å². The Labute approximate surface area is 103 Å². The summed E-state index contributed by atoms with van der Waals surface area (Å²) in [4.78, 5) is 9.06. The number of hydrogen-bond donors (Lipinski definition) is 0. The molecule has 0 N–H and O–H groups in total. The molecule has 2 rings (SSSR count). The molecule has 0 bridgehead atoms. The van der Waals surface area contributed by atoms with Crippen LogP contribution in [0.3, 0.4) is 0 Å². The minimum absolute atomic E-state index is 0.230. The SMILES string of the molecule is C=CCCCOc1nc(Cl)nc2sccc12. The van der Waals surface area contributed by atoms with Crippen molar-refractivity contribution in [2.24, 2.45) is 0 Å². The first-order valence-electron chi connectivity index (χ1n) is 4.95. The smallest absolute Gasteiger partial charge is 0.227 e. The van der Waals surface area contributed by atoms with Gasteiger partial charge in [0.05, 0.1) is 12.0 Å². The van der Waals surface area contributed by atoms with E-state index in [1.54, 1.807) is 0 Å². The number of unbranched alkanes of at least 4 members (excludes halogenated alkanes) is 1. The van der Waals surface area contributed by atoms with Gasteiger partial charge in [0.2, 0.25) is 11.2 Å². The van der Waals surface area contributed by atoms with Crippen molar-refractivity contribution in [3.8, 4) is 5.88 Å². The van der Waals surface area contributed by atoms with Crippen LogP contribution in [0.25, 0.3) is 10.2 Å². The molecule has 2 aromatic heterocycles. The minimum Gasteiger partial charge on any atom is -0.477 e. The standard InChI is InChI=1S/C11H11ClN2OS/c1-2-3-4-6-15-9-8-5-7-16-10(8)14-11(12)13-9/h2,5,7H,1,3-4,6H2. The van der Waals surface area contributed by atoms with Crippen molar-refractivity contribution in [2.75, 3.05) is 6.61 Å². The molecule has 0 amide bonds. The van der Waals surface area contributed by atoms with Crippen molar-refractivity contribution in [1.82, 2.24) is 9.97 Å². The predicted molar refractivity (Wildman–Crippen MR) is 67.4 cm³/mol. The minimum atomic E-state index is 0.230. The zero-order valence-electron chi connectivity index (χ0n) is 8.65. The van der Waals surface area contributed by atoms with E-state index in [1.807, 2.05) is 17.5 Å². The Morgan fingerprint density at radius 2 is 2.38 bits per heavy atom. The van der Waals surface area contributed by atoms with Gasteiger partial charge in [0.1, 0.15) is 4.83 Å². The Bertz CT molecular complexity index is 498. The maximum Gasteiger partial charge on any atom is 0.227 e. The number of aromatic nitrogens is 2. The molecule has 0 saturated carbocycles. The molecule has 0 spiro atoms. The summed E-state index contributed by atoms with van der Waals surface area (Å²) in [5, 5.41) is 3.10. The van der Waals surface area contributed by atoms with Gasteiger partial charge < -0.3 is 4.74 Å². The molecule has 0 fully saturated rings. The summed E-state index contributed by atoms with van der Waals surface area (Å²) < 4.78 is 5.58. The highest BCUT2D eigenvalue weighted by atomic mass is 35.5. The van der Waals surface area contributed by atoms with E-state index in [9.17, 15) is 0 Å². The van der Waals surface area contributed by atoms with Gasteiger partial charge in [-0.2, -0.15) is 4.98 Å². The summed E-state index contributed by atoms with van der Waals surface area (Å²) in [5.74, 6) is 0.570. The van der Waals surface area contributed by atoms with Crippen LogP contribution in [0.15, 0.2) is 24.1 Å². The monoisotopic (exact) mass is 254 g/mol. The van der Waals surface area contributed by atoms with E-state index in [4.69, 9.17) is 16.3 Å². The topological polar surface area (TPSA) is 35.0 Å². The molecule has 0 saturated heterocycles. The molecule has 0 aliphatic heterocycles. The van der Waals surface area contributed by atoms with Gasteiger partial charge in [-0.1, -0.05) is 6.08 Å². The summed E-state index contributed by atoms with van der Waals surface area (Å²) >= 11 is 7.34. The molecule has 0 aromatic carbocycles. The zero-order valence-corrected chi connectivity index (χ0v) is 10.2. The molecule has 84 valence electrons. The van der Waals surface area contributed by atoms with Crippen LogP contribution in [0.4, 0.5) is 0 Å². The molecular weight excluding hydrogens is 244 g/mol. The molecule has 0 aliphatic rings. The van der Waals surface area contributed by atoms with Crippen molar-refractivity contribution >= 4 is 33.2 Å². The van der Waals surface area contributed by atoms with Crippen LogP contribution in [-0.4, -0.2) is 16.6 Å². The second-order valence-corrected chi connectivity index (χ2v) is 4.45. The first kappa shape index (κ1) is 11.4. The number of halogens is 1. The second-order valence-electron chi connectivity index (χ2n) is 3.22. The first-order chi connectivity index (χ1) is 7.81. The third-order valence-electron chi connectivity index (χ3n) is 2.05. The third kappa shape index (κ3) is 2.51. The molecule has 2 aromatic rings. The highest BCUT2D eigenvalue weighted by Crippen LogP contribution is 2.28. The first-order valence-corrected chi connectivity index (χ1v) is 6.21. The van der Waals surface area contributed by atoms with Crippen molar-refractivity contribution in [3.05, 3.63) is 29.4 Å².